The zero-order valence-corrected chi connectivity index (χ0v) is 7.32. The Hall–Kier alpha value is -0.600. The van der Waals surface area contributed by atoms with Crippen LogP contribution in [0.1, 0.15) is 5.56 Å². The maximum absolute atomic E-state index is 5.74. The van der Waals surface area contributed by atoms with Crippen LogP contribution >= 0.6 is 22.9 Å². The Morgan fingerprint density at radius 3 is 3.18 bits per heavy atom. The quantitative estimate of drug-likeness (QED) is 0.620. The number of benzene rings is 1. The normalized spacial score (nSPS) is 10.6. The monoisotopic (exact) mass is 183 g/mol. The van der Waals surface area contributed by atoms with Gasteiger partial charge in [0.05, 0.1) is 15.7 Å². The van der Waals surface area contributed by atoms with E-state index < -0.39 is 0 Å². The van der Waals surface area contributed by atoms with Crippen LogP contribution in [0.2, 0.25) is 0 Å². The highest BCUT2D eigenvalue weighted by molar-refractivity contribution is 7.17. The first-order valence-corrected chi connectivity index (χ1v) is 4.70. The molecule has 1 aromatic carbocycles. The molecule has 0 N–H and O–H groups in total. The van der Waals surface area contributed by atoms with Gasteiger partial charge in [0.25, 0.3) is 0 Å². The number of thiazole rings is 1. The molecule has 0 saturated carbocycles. The van der Waals surface area contributed by atoms with Gasteiger partial charge in [-0.1, -0.05) is 12.1 Å². The van der Waals surface area contributed by atoms with Gasteiger partial charge in [-0.3, -0.25) is 0 Å². The summed E-state index contributed by atoms with van der Waals surface area (Å²) < 4.78 is 1.21. The lowest BCUT2D eigenvalue weighted by molar-refractivity contribution is 1.44. The molecule has 0 amide bonds. The summed E-state index contributed by atoms with van der Waals surface area (Å²) >= 11 is 7.38. The van der Waals surface area contributed by atoms with Gasteiger partial charge in [0.2, 0.25) is 0 Å². The Morgan fingerprint density at radius 1 is 1.45 bits per heavy atom. The van der Waals surface area contributed by atoms with Gasteiger partial charge in [-0.2, -0.15) is 0 Å². The summed E-state index contributed by atoms with van der Waals surface area (Å²) in [5, 5.41) is 0. The highest BCUT2D eigenvalue weighted by atomic mass is 35.5. The summed E-state index contributed by atoms with van der Waals surface area (Å²) in [5.74, 6) is 0.569. The Bertz CT molecular complexity index is 369. The first-order valence-electron chi connectivity index (χ1n) is 3.29. The Morgan fingerprint density at radius 2 is 2.36 bits per heavy atom. The van der Waals surface area contributed by atoms with Crippen LogP contribution in [0.15, 0.2) is 23.7 Å². The van der Waals surface area contributed by atoms with Crippen molar-refractivity contribution in [2.45, 2.75) is 5.88 Å². The van der Waals surface area contributed by atoms with Crippen LogP contribution in [0.3, 0.4) is 0 Å². The molecule has 0 radical (unpaired) electrons. The summed E-state index contributed by atoms with van der Waals surface area (Å²) in [6.45, 7) is 0. The number of nitrogens with zero attached hydrogens (tertiary/aromatic N) is 1. The lowest BCUT2D eigenvalue weighted by atomic mass is 10.2. The Balaban J connectivity index is 2.79. The molecule has 0 saturated heterocycles. The Labute approximate surface area is 73.6 Å². The van der Waals surface area contributed by atoms with Crippen molar-refractivity contribution in [3.8, 4) is 0 Å². The van der Waals surface area contributed by atoms with Crippen molar-refractivity contribution in [3.63, 3.8) is 0 Å². The number of hydrogen-bond acceptors (Lipinski definition) is 2. The van der Waals surface area contributed by atoms with Gasteiger partial charge in [0.1, 0.15) is 0 Å². The Kier molecular flexibility index (Phi) is 1.80. The fraction of sp³-hybridized carbons (Fsp3) is 0.125. The summed E-state index contributed by atoms with van der Waals surface area (Å²) in [6.07, 6.45) is 0. The van der Waals surface area contributed by atoms with Gasteiger partial charge in [0.15, 0.2) is 0 Å². The fourth-order valence-corrected chi connectivity index (χ4v) is 2.16. The van der Waals surface area contributed by atoms with E-state index in [0.29, 0.717) is 5.88 Å². The van der Waals surface area contributed by atoms with Crippen molar-refractivity contribution < 1.29 is 0 Å². The summed E-state index contributed by atoms with van der Waals surface area (Å²) in [5.41, 5.74) is 4.07. The van der Waals surface area contributed by atoms with E-state index in [9.17, 15) is 0 Å². The number of aromatic nitrogens is 1. The molecule has 0 spiro atoms. The molecule has 0 bridgehead atoms. The third kappa shape index (κ3) is 1.12. The minimum atomic E-state index is 0.569. The highest BCUT2D eigenvalue weighted by Gasteiger charge is 2.00. The molecule has 1 nitrogen and oxygen atoms in total. The number of hydrogen-bond donors (Lipinski definition) is 0. The van der Waals surface area contributed by atoms with Gasteiger partial charge < -0.3 is 0 Å². The molecule has 0 aliphatic carbocycles. The number of halogens is 1. The molecule has 11 heavy (non-hydrogen) atoms. The average molecular weight is 184 g/mol. The molecule has 1 aromatic heterocycles. The predicted octanol–water partition coefficient (Wildman–Crippen LogP) is 3.04. The van der Waals surface area contributed by atoms with E-state index in [2.05, 4.69) is 4.98 Å². The van der Waals surface area contributed by atoms with E-state index in [4.69, 9.17) is 11.6 Å². The highest BCUT2D eigenvalue weighted by Crippen LogP contribution is 2.22. The maximum Gasteiger partial charge on any atom is 0.0815 e. The van der Waals surface area contributed by atoms with Crippen LogP contribution in [0.25, 0.3) is 10.2 Å². The van der Waals surface area contributed by atoms with Crippen molar-refractivity contribution in [2.24, 2.45) is 0 Å². The van der Waals surface area contributed by atoms with E-state index in [0.717, 1.165) is 5.52 Å². The second-order valence-electron chi connectivity index (χ2n) is 2.25. The molecule has 2 rings (SSSR count). The summed E-state index contributed by atoms with van der Waals surface area (Å²) in [6, 6.07) is 6.02. The second-order valence-corrected chi connectivity index (χ2v) is 3.37. The third-order valence-corrected chi connectivity index (χ3v) is 2.79. The van der Waals surface area contributed by atoms with E-state index >= 15 is 0 Å². The zero-order chi connectivity index (χ0) is 7.68. The molecule has 3 heteroatoms. The minimum absolute atomic E-state index is 0.569. The molecular weight excluding hydrogens is 178 g/mol. The first kappa shape index (κ1) is 7.07. The van der Waals surface area contributed by atoms with Crippen molar-refractivity contribution in [3.05, 3.63) is 29.3 Å². The molecule has 0 aliphatic heterocycles. The van der Waals surface area contributed by atoms with E-state index in [1.165, 1.54) is 10.3 Å². The van der Waals surface area contributed by atoms with Gasteiger partial charge in [-0.05, 0) is 11.6 Å². The smallest absolute Gasteiger partial charge is 0.0815 e. The number of rotatable bonds is 1. The largest absolute Gasteiger partial charge is 0.245 e. The molecule has 0 atom stereocenters. The van der Waals surface area contributed by atoms with Crippen LogP contribution in [0.5, 0.6) is 0 Å². The minimum Gasteiger partial charge on any atom is -0.245 e. The molecular formula is C8H6ClNS. The topological polar surface area (TPSA) is 12.9 Å². The van der Waals surface area contributed by atoms with Gasteiger partial charge >= 0.3 is 0 Å². The van der Waals surface area contributed by atoms with Crippen molar-refractivity contribution in [2.75, 3.05) is 0 Å². The van der Waals surface area contributed by atoms with Crippen molar-refractivity contribution in [1.82, 2.24) is 4.98 Å². The zero-order valence-electron chi connectivity index (χ0n) is 5.75. The molecule has 2 aromatic rings. The van der Waals surface area contributed by atoms with E-state index in [-0.39, 0.29) is 0 Å². The van der Waals surface area contributed by atoms with Crippen LogP contribution in [0.4, 0.5) is 0 Å². The predicted molar refractivity (Wildman–Crippen MR) is 49.2 cm³/mol. The maximum atomic E-state index is 5.74. The van der Waals surface area contributed by atoms with Crippen molar-refractivity contribution in [1.29, 1.82) is 0 Å². The number of fused-ring (bicyclic) bond motifs is 1. The molecule has 0 unspecified atom stereocenters. The van der Waals surface area contributed by atoms with Gasteiger partial charge in [-0.25, -0.2) is 4.98 Å². The fourth-order valence-electron chi connectivity index (χ4n) is 1.05. The van der Waals surface area contributed by atoms with Crippen LogP contribution < -0.4 is 0 Å². The standard InChI is InChI=1S/C8H6ClNS/c9-4-6-2-1-3-7-8(6)11-5-10-7/h1-3,5H,4H2. The molecule has 56 valence electrons. The molecule has 1 heterocycles. The summed E-state index contributed by atoms with van der Waals surface area (Å²) in [7, 11) is 0. The van der Waals surface area contributed by atoms with Gasteiger partial charge in [0, 0.05) is 5.88 Å². The summed E-state index contributed by atoms with van der Waals surface area (Å²) in [4.78, 5) is 4.19. The van der Waals surface area contributed by atoms with E-state index in [1.807, 2.05) is 23.7 Å². The van der Waals surface area contributed by atoms with Crippen molar-refractivity contribution >= 4 is 33.2 Å². The van der Waals surface area contributed by atoms with Gasteiger partial charge in [-0.15, -0.1) is 22.9 Å². The third-order valence-electron chi connectivity index (χ3n) is 1.58. The number of alkyl halides is 1. The lowest BCUT2D eigenvalue weighted by Crippen LogP contribution is -1.76. The SMILES string of the molecule is ClCc1cccc2ncsc12. The van der Waals surface area contributed by atoms with Crippen LogP contribution in [0, 0.1) is 0 Å². The van der Waals surface area contributed by atoms with Crippen LogP contribution in [-0.2, 0) is 5.88 Å². The molecule has 0 aliphatic rings. The molecule has 0 fully saturated rings. The average Bonchev–Trinajstić information content (AvgIpc) is 2.50. The van der Waals surface area contributed by atoms with Crippen LogP contribution in [-0.4, -0.2) is 4.98 Å². The first-order chi connectivity index (χ1) is 5.42. The second kappa shape index (κ2) is 2.80. The lowest BCUT2D eigenvalue weighted by Gasteiger charge is -1.93. The van der Waals surface area contributed by atoms with E-state index in [1.54, 1.807) is 11.3 Å².